The number of H-pyrrole nitrogens is 1. The van der Waals surface area contributed by atoms with E-state index in [0.717, 1.165) is 30.9 Å². The van der Waals surface area contributed by atoms with Gasteiger partial charge >= 0.3 is 0 Å². The maximum atomic E-state index is 5.76. The van der Waals surface area contributed by atoms with Crippen molar-refractivity contribution >= 4 is 0 Å². The third-order valence-electron chi connectivity index (χ3n) is 1.81. The summed E-state index contributed by atoms with van der Waals surface area (Å²) in [6, 6.07) is -0.0214. The van der Waals surface area contributed by atoms with E-state index in [1.807, 2.05) is 6.92 Å². The number of nitrogens with zero attached hydrogens (tertiary/aromatic N) is 2. The quantitative estimate of drug-likeness (QED) is 0.709. The van der Waals surface area contributed by atoms with Crippen LogP contribution in [0, 0.1) is 0 Å². The number of hydrogen-bond acceptors (Lipinski definition) is 3. The topological polar surface area (TPSA) is 67.6 Å². The lowest BCUT2D eigenvalue weighted by Crippen LogP contribution is -2.10. The van der Waals surface area contributed by atoms with Crippen LogP contribution in [0.4, 0.5) is 0 Å². The van der Waals surface area contributed by atoms with Crippen LogP contribution in [0.25, 0.3) is 0 Å². The minimum Gasteiger partial charge on any atom is -0.321 e. The molecule has 4 nitrogen and oxygen atoms in total. The lowest BCUT2D eigenvalue weighted by atomic mass is 10.2. The number of aryl methyl sites for hydroxylation is 1. The average Bonchev–Trinajstić information content (AvgIpc) is 2.52. The van der Waals surface area contributed by atoms with Crippen LogP contribution in [0.5, 0.6) is 0 Å². The van der Waals surface area contributed by atoms with Crippen LogP contribution in [0.1, 0.15) is 44.4 Å². The molecule has 0 radical (unpaired) electrons. The molecule has 0 saturated heterocycles. The summed E-state index contributed by atoms with van der Waals surface area (Å²) in [7, 11) is 0. The number of aromatic amines is 1. The average molecular weight is 168 g/mol. The third-order valence-corrected chi connectivity index (χ3v) is 1.81. The summed E-state index contributed by atoms with van der Waals surface area (Å²) in [5.41, 5.74) is 5.76. The zero-order chi connectivity index (χ0) is 8.97. The molecule has 1 aromatic heterocycles. The zero-order valence-electron chi connectivity index (χ0n) is 7.67. The molecule has 0 aliphatic heterocycles. The van der Waals surface area contributed by atoms with Gasteiger partial charge in [0.1, 0.15) is 5.82 Å². The highest BCUT2D eigenvalue weighted by Gasteiger charge is 2.08. The third kappa shape index (κ3) is 2.04. The van der Waals surface area contributed by atoms with Crippen LogP contribution in [0.2, 0.25) is 0 Å². The molecular weight excluding hydrogens is 152 g/mol. The summed E-state index contributed by atoms with van der Waals surface area (Å²) in [6.45, 7) is 4.14. The first kappa shape index (κ1) is 9.19. The molecule has 0 bridgehead atoms. The van der Waals surface area contributed by atoms with Crippen LogP contribution in [0.3, 0.4) is 0 Å². The lowest BCUT2D eigenvalue weighted by molar-refractivity contribution is 0.651. The molecule has 1 aromatic rings. The molecule has 0 saturated carbocycles. The molecule has 1 rings (SSSR count). The fourth-order valence-electron chi connectivity index (χ4n) is 1.01. The molecule has 0 aliphatic carbocycles. The van der Waals surface area contributed by atoms with E-state index < -0.39 is 0 Å². The molecular formula is C8H16N4. The van der Waals surface area contributed by atoms with Crippen LogP contribution in [-0.2, 0) is 6.42 Å². The van der Waals surface area contributed by atoms with E-state index in [1.165, 1.54) is 0 Å². The summed E-state index contributed by atoms with van der Waals surface area (Å²) in [5.74, 6) is 1.68. The van der Waals surface area contributed by atoms with Crippen molar-refractivity contribution in [2.75, 3.05) is 0 Å². The Morgan fingerprint density at radius 3 is 2.83 bits per heavy atom. The predicted molar refractivity (Wildman–Crippen MR) is 47.6 cm³/mol. The number of aromatic nitrogens is 3. The molecule has 0 spiro atoms. The van der Waals surface area contributed by atoms with Gasteiger partial charge in [-0.1, -0.05) is 13.8 Å². The van der Waals surface area contributed by atoms with Gasteiger partial charge in [0.25, 0.3) is 0 Å². The second kappa shape index (κ2) is 4.21. The second-order valence-corrected chi connectivity index (χ2v) is 2.91. The van der Waals surface area contributed by atoms with Gasteiger partial charge < -0.3 is 5.73 Å². The Labute approximate surface area is 72.6 Å². The second-order valence-electron chi connectivity index (χ2n) is 2.91. The molecule has 1 heterocycles. The molecule has 1 atom stereocenters. The van der Waals surface area contributed by atoms with Crippen molar-refractivity contribution in [2.45, 2.75) is 39.2 Å². The SMILES string of the molecule is CCCc1nc([C@H](N)CC)n[nH]1. The maximum Gasteiger partial charge on any atom is 0.167 e. The van der Waals surface area contributed by atoms with Crippen LogP contribution in [0.15, 0.2) is 0 Å². The summed E-state index contributed by atoms with van der Waals surface area (Å²) in [4.78, 5) is 4.28. The van der Waals surface area contributed by atoms with Gasteiger partial charge in [0, 0.05) is 6.42 Å². The summed E-state index contributed by atoms with van der Waals surface area (Å²) in [6.07, 6.45) is 2.91. The molecule has 0 amide bonds. The summed E-state index contributed by atoms with van der Waals surface area (Å²) in [5, 5.41) is 6.93. The Bertz CT molecular complexity index is 231. The normalized spacial score (nSPS) is 13.2. The highest BCUT2D eigenvalue weighted by Crippen LogP contribution is 2.07. The van der Waals surface area contributed by atoms with Crippen molar-refractivity contribution in [1.29, 1.82) is 0 Å². The van der Waals surface area contributed by atoms with Gasteiger partial charge in [-0.25, -0.2) is 4.98 Å². The molecule has 68 valence electrons. The van der Waals surface area contributed by atoms with Gasteiger partial charge in [-0.2, -0.15) is 5.10 Å². The van der Waals surface area contributed by atoms with Gasteiger partial charge in [-0.3, -0.25) is 5.10 Å². The minimum atomic E-state index is -0.0214. The largest absolute Gasteiger partial charge is 0.321 e. The van der Waals surface area contributed by atoms with Crippen molar-refractivity contribution < 1.29 is 0 Å². The Hall–Kier alpha value is -0.900. The first-order chi connectivity index (χ1) is 5.77. The van der Waals surface area contributed by atoms with E-state index in [4.69, 9.17) is 5.73 Å². The van der Waals surface area contributed by atoms with Crippen molar-refractivity contribution in [2.24, 2.45) is 5.73 Å². The van der Waals surface area contributed by atoms with Crippen molar-refractivity contribution in [3.63, 3.8) is 0 Å². The summed E-state index contributed by atoms with van der Waals surface area (Å²) >= 11 is 0. The van der Waals surface area contributed by atoms with Gasteiger partial charge in [0.2, 0.25) is 0 Å². The molecule has 0 aliphatic rings. The molecule has 4 heteroatoms. The van der Waals surface area contributed by atoms with Gasteiger partial charge in [0.05, 0.1) is 6.04 Å². The highest BCUT2D eigenvalue weighted by molar-refractivity contribution is 4.95. The van der Waals surface area contributed by atoms with E-state index in [1.54, 1.807) is 0 Å². The van der Waals surface area contributed by atoms with Crippen molar-refractivity contribution in [3.8, 4) is 0 Å². The number of hydrogen-bond donors (Lipinski definition) is 2. The molecule has 0 aromatic carbocycles. The monoisotopic (exact) mass is 168 g/mol. The Morgan fingerprint density at radius 2 is 2.25 bits per heavy atom. The van der Waals surface area contributed by atoms with E-state index >= 15 is 0 Å². The zero-order valence-corrected chi connectivity index (χ0v) is 7.67. The van der Waals surface area contributed by atoms with E-state index in [9.17, 15) is 0 Å². The van der Waals surface area contributed by atoms with Crippen molar-refractivity contribution in [3.05, 3.63) is 11.6 Å². The predicted octanol–water partition coefficient (Wildman–Crippen LogP) is 1.17. The lowest BCUT2D eigenvalue weighted by Gasteiger charge is -2.00. The minimum absolute atomic E-state index is 0.0214. The molecule has 3 N–H and O–H groups in total. The Morgan fingerprint density at radius 1 is 1.50 bits per heavy atom. The number of rotatable bonds is 4. The molecule has 12 heavy (non-hydrogen) atoms. The van der Waals surface area contributed by atoms with Gasteiger partial charge in [-0.15, -0.1) is 0 Å². The first-order valence-corrected chi connectivity index (χ1v) is 4.44. The van der Waals surface area contributed by atoms with E-state index in [-0.39, 0.29) is 6.04 Å². The van der Waals surface area contributed by atoms with E-state index in [2.05, 4.69) is 22.1 Å². The summed E-state index contributed by atoms with van der Waals surface area (Å²) < 4.78 is 0. The fourth-order valence-corrected chi connectivity index (χ4v) is 1.01. The maximum absolute atomic E-state index is 5.76. The first-order valence-electron chi connectivity index (χ1n) is 4.44. The standard InChI is InChI=1S/C8H16N4/c1-3-5-7-10-8(12-11-7)6(9)4-2/h6H,3-5,9H2,1-2H3,(H,10,11,12)/t6-/m1/s1. The smallest absolute Gasteiger partial charge is 0.167 e. The Balaban J connectivity index is 2.63. The van der Waals surface area contributed by atoms with Crippen LogP contribution < -0.4 is 5.73 Å². The van der Waals surface area contributed by atoms with E-state index in [0.29, 0.717) is 0 Å². The Kier molecular flexibility index (Phi) is 3.22. The van der Waals surface area contributed by atoms with Crippen LogP contribution >= 0.6 is 0 Å². The molecule has 0 unspecified atom stereocenters. The fraction of sp³-hybridized carbons (Fsp3) is 0.750. The van der Waals surface area contributed by atoms with Gasteiger partial charge in [-0.05, 0) is 12.8 Å². The van der Waals surface area contributed by atoms with Crippen molar-refractivity contribution in [1.82, 2.24) is 15.2 Å². The van der Waals surface area contributed by atoms with Crippen LogP contribution in [-0.4, -0.2) is 15.2 Å². The number of nitrogens with one attached hydrogen (secondary N) is 1. The molecule has 0 fully saturated rings. The highest BCUT2D eigenvalue weighted by atomic mass is 15.2. The van der Waals surface area contributed by atoms with Gasteiger partial charge in [0.15, 0.2) is 5.82 Å². The number of nitrogens with two attached hydrogens (primary N) is 1.